The van der Waals surface area contributed by atoms with Gasteiger partial charge in [0.1, 0.15) is 11.5 Å². The fourth-order valence-electron chi connectivity index (χ4n) is 2.15. The fraction of sp³-hybridized carbons (Fsp3) is 0.308. The lowest BCUT2D eigenvalue weighted by atomic mass is 10.1. The lowest BCUT2D eigenvalue weighted by Crippen LogP contribution is -2.18. The van der Waals surface area contributed by atoms with Gasteiger partial charge in [0.05, 0.1) is 12.0 Å². The summed E-state index contributed by atoms with van der Waals surface area (Å²) in [6.45, 7) is 2.09. The Hall–Kier alpha value is -1.20. The Morgan fingerprint density at radius 3 is 3.00 bits per heavy atom. The highest BCUT2D eigenvalue weighted by Crippen LogP contribution is 2.44. The highest BCUT2D eigenvalue weighted by Gasteiger charge is 2.27. The van der Waals surface area contributed by atoms with E-state index in [-0.39, 0.29) is 0 Å². The van der Waals surface area contributed by atoms with Crippen molar-refractivity contribution in [2.24, 2.45) is 11.1 Å². The van der Waals surface area contributed by atoms with Crippen LogP contribution in [0.4, 0.5) is 0 Å². The molecule has 1 aromatic carbocycles. The third-order valence-electron chi connectivity index (χ3n) is 3.13. The van der Waals surface area contributed by atoms with Gasteiger partial charge in [0.15, 0.2) is 0 Å². The monoisotopic (exact) mass is 279 g/mol. The van der Waals surface area contributed by atoms with Crippen molar-refractivity contribution in [1.82, 2.24) is 0 Å². The topological polar surface area (TPSA) is 41.8 Å². The Labute approximate surface area is 113 Å². The first kappa shape index (κ1) is 11.9. The van der Waals surface area contributed by atoms with Crippen molar-refractivity contribution in [3.8, 4) is 5.75 Å². The Bertz CT molecular complexity index is 633. The van der Waals surface area contributed by atoms with Gasteiger partial charge in [-0.25, -0.2) is 0 Å². The minimum Gasteiger partial charge on any atom is -0.497 e. The van der Waals surface area contributed by atoms with Crippen LogP contribution >= 0.6 is 23.1 Å². The molecule has 94 valence electrons. The fourth-order valence-corrected chi connectivity index (χ4v) is 4.83. The van der Waals surface area contributed by atoms with E-state index in [1.54, 1.807) is 18.4 Å². The third kappa shape index (κ3) is 1.69. The number of thiophene rings is 1. The number of fused-ring (bicyclic) bond motifs is 3. The van der Waals surface area contributed by atoms with Gasteiger partial charge in [-0.3, -0.25) is 0 Å². The van der Waals surface area contributed by atoms with Crippen LogP contribution in [0.25, 0.3) is 10.1 Å². The minimum absolute atomic E-state index is 0.294. The molecule has 0 saturated carbocycles. The van der Waals surface area contributed by atoms with E-state index >= 15 is 0 Å². The van der Waals surface area contributed by atoms with Gasteiger partial charge in [0.25, 0.3) is 0 Å². The summed E-state index contributed by atoms with van der Waals surface area (Å²) < 4.78 is 6.48. The van der Waals surface area contributed by atoms with Crippen molar-refractivity contribution in [3.63, 3.8) is 0 Å². The van der Waals surface area contributed by atoms with Crippen molar-refractivity contribution < 1.29 is 9.94 Å². The van der Waals surface area contributed by atoms with E-state index in [9.17, 15) is 5.21 Å². The summed E-state index contributed by atoms with van der Waals surface area (Å²) in [6.07, 6.45) is 0. The zero-order valence-electron chi connectivity index (χ0n) is 10.1. The molecule has 18 heavy (non-hydrogen) atoms. The number of nitrogens with zero attached hydrogens (tertiary/aromatic N) is 1. The van der Waals surface area contributed by atoms with E-state index in [0.717, 1.165) is 22.1 Å². The molecule has 0 fully saturated rings. The van der Waals surface area contributed by atoms with E-state index in [1.165, 1.54) is 15.0 Å². The van der Waals surface area contributed by atoms with E-state index in [0.29, 0.717) is 5.92 Å². The molecule has 1 atom stereocenters. The number of hydrogen-bond acceptors (Lipinski definition) is 5. The molecule has 1 N–H and O–H groups in total. The van der Waals surface area contributed by atoms with Crippen LogP contribution in [0.15, 0.2) is 28.3 Å². The molecular weight excluding hydrogens is 266 g/mol. The van der Waals surface area contributed by atoms with Gasteiger partial charge in [-0.05, 0) is 18.2 Å². The molecule has 0 aliphatic carbocycles. The van der Waals surface area contributed by atoms with Crippen LogP contribution in [-0.4, -0.2) is 23.8 Å². The van der Waals surface area contributed by atoms with Crippen molar-refractivity contribution in [3.05, 3.63) is 23.1 Å². The van der Waals surface area contributed by atoms with Crippen molar-refractivity contribution >= 4 is 38.9 Å². The van der Waals surface area contributed by atoms with Crippen LogP contribution in [0.3, 0.4) is 0 Å². The molecule has 1 aromatic heterocycles. The minimum atomic E-state index is 0.294. The molecule has 5 heteroatoms. The summed E-state index contributed by atoms with van der Waals surface area (Å²) in [4.78, 5) is 2.32. The van der Waals surface area contributed by atoms with Gasteiger partial charge in [-0.15, -0.1) is 23.1 Å². The van der Waals surface area contributed by atoms with E-state index in [4.69, 9.17) is 4.74 Å². The number of benzene rings is 1. The molecule has 0 spiro atoms. The number of oxime groups is 1. The molecule has 1 aliphatic heterocycles. The lowest BCUT2D eigenvalue weighted by Gasteiger charge is -2.18. The standard InChI is InChI=1S/C13H13NO2S2/c1-7-6-17-12-9-5-8(16-2)3-4-10(9)18-13(12)11(7)14-15/h3-5,7,15H,6H2,1-2H3/b14-11+. The van der Waals surface area contributed by atoms with Crippen LogP contribution in [0.1, 0.15) is 11.8 Å². The maximum absolute atomic E-state index is 9.19. The lowest BCUT2D eigenvalue weighted by molar-refractivity contribution is 0.316. The number of thioether (sulfide) groups is 1. The second kappa shape index (κ2) is 4.48. The summed E-state index contributed by atoms with van der Waals surface area (Å²) in [5.74, 6) is 2.11. The second-order valence-electron chi connectivity index (χ2n) is 4.32. The Kier molecular flexibility index (Phi) is 2.95. The molecule has 0 radical (unpaired) electrons. The predicted octanol–water partition coefficient (Wildman–Crippen LogP) is 3.83. The second-order valence-corrected chi connectivity index (χ2v) is 6.40. The van der Waals surface area contributed by atoms with Gasteiger partial charge in [-0.1, -0.05) is 12.1 Å². The highest BCUT2D eigenvalue weighted by molar-refractivity contribution is 8.00. The SMILES string of the molecule is COc1ccc2sc3c(c2c1)SCC(C)/C3=N\O. The molecule has 3 rings (SSSR count). The average Bonchev–Trinajstić information content (AvgIpc) is 2.76. The van der Waals surface area contributed by atoms with Crippen molar-refractivity contribution in [2.75, 3.05) is 12.9 Å². The summed E-state index contributed by atoms with van der Waals surface area (Å²) in [7, 11) is 1.68. The first-order chi connectivity index (χ1) is 8.74. The molecule has 0 saturated heterocycles. The molecule has 0 bridgehead atoms. The van der Waals surface area contributed by atoms with Crippen LogP contribution in [0.2, 0.25) is 0 Å². The largest absolute Gasteiger partial charge is 0.497 e. The zero-order valence-corrected chi connectivity index (χ0v) is 11.8. The van der Waals surface area contributed by atoms with E-state index in [2.05, 4.69) is 24.2 Å². The van der Waals surface area contributed by atoms with Gasteiger partial charge < -0.3 is 9.94 Å². The Morgan fingerprint density at radius 1 is 1.44 bits per heavy atom. The summed E-state index contributed by atoms with van der Waals surface area (Å²) >= 11 is 3.52. The molecule has 3 nitrogen and oxygen atoms in total. The van der Waals surface area contributed by atoms with Crippen LogP contribution in [0, 0.1) is 5.92 Å². The summed E-state index contributed by atoms with van der Waals surface area (Å²) in [6, 6.07) is 6.09. The summed E-state index contributed by atoms with van der Waals surface area (Å²) in [5, 5.41) is 13.9. The van der Waals surface area contributed by atoms with Crippen molar-refractivity contribution in [1.29, 1.82) is 0 Å². The smallest absolute Gasteiger partial charge is 0.119 e. The van der Waals surface area contributed by atoms with E-state index < -0.39 is 0 Å². The number of methoxy groups -OCH3 is 1. The first-order valence-corrected chi connectivity index (χ1v) is 7.50. The predicted molar refractivity (Wildman–Crippen MR) is 76.6 cm³/mol. The number of rotatable bonds is 1. The first-order valence-electron chi connectivity index (χ1n) is 5.70. The average molecular weight is 279 g/mol. The number of ether oxygens (including phenoxy) is 1. The molecular formula is C13H13NO2S2. The van der Waals surface area contributed by atoms with E-state index in [1.807, 2.05) is 17.8 Å². The van der Waals surface area contributed by atoms with Gasteiger partial charge in [0, 0.05) is 26.7 Å². The maximum Gasteiger partial charge on any atom is 0.119 e. The van der Waals surface area contributed by atoms with Gasteiger partial charge in [0.2, 0.25) is 0 Å². The zero-order chi connectivity index (χ0) is 12.7. The third-order valence-corrected chi connectivity index (χ3v) is 5.84. The van der Waals surface area contributed by atoms with Crippen LogP contribution in [0.5, 0.6) is 5.75 Å². The number of hydrogen-bond donors (Lipinski definition) is 1. The van der Waals surface area contributed by atoms with Gasteiger partial charge in [-0.2, -0.15) is 0 Å². The molecule has 1 aliphatic rings. The maximum atomic E-state index is 9.19. The molecule has 2 aromatic rings. The Morgan fingerprint density at radius 2 is 2.28 bits per heavy atom. The van der Waals surface area contributed by atoms with Crippen LogP contribution < -0.4 is 4.74 Å². The van der Waals surface area contributed by atoms with Gasteiger partial charge >= 0.3 is 0 Å². The molecule has 0 amide bonds. The van der Waals surface area contributed by atoms with Crippen LogP contribution in [-0.2, 0) is 0 Å². The quantitative estimate of drug-likeness (QED) is 0.637. The Balaban J connectivity index is 2.25. The normalized spacial score (nSPS) is 21.2. The molecule has 1 unspecified atom stereocenters. The summed E-state index contributed by atoms with van der Waals surface area (Å²) in [5.41, 5.74) is 0.809. The molecule has 2 heterocycles. The van der Waals surface area contributed by atoms with Crippen molar-refractivity contribution in [2.45, 2.75) is 11.8 Å². The highest BCUT2D eigenvalue weighted by atomic mass is 32.2.